The molecule has 17 heavy (non-hydrogen) atoms. The Hall–Kier alpha value is -0.440. The lowest BCUT2D eigenvalue weighted by molar-refractivity contribution is 0.138. The van der Waals surface area contributed by atoms with E-state index in [1.165, 1.54) is 0 Å². The first-order valence-corrected chi connectivity index (χ1v) is 6.79. The second kappa shape index (κ2) is 5.94. The molecule has 0 radical (unpaired) electrons. The van der Waals surface area contributed by atoms with E-state index in [4.69, 9.17) is 27.9 Å². The van der Waals surface area contributed by atoms with E-state index in [0.29, 0.717) is 21.7 Å². The first-order chi connectivity index (χ1) is 8.22. The van der Waals surface area contributed by atoms with Gasteiger partial charge < -0.3 is 10.1 Å². The SMILES string of the molecule is CC[C@@H](Oc1cccc(Cl)c1Cl)C1CCNC1. The summed E-state index contributed by atoms with van der Waals surface area (Å²) >= 11 is 12.1. The lowest BCUT2D eigenvalue weighted by Crippen LogP contribution is -2.28. The van der Waals surface area contributed by atoms with Gasteiger partial charge in [0.15, 0.2) is 0 Å². The first-order valence-electron chi connectivity index (χ1n) is 6.03. The summed E-state index contributed by atoms with van der Waals surface area (Å²) in [7, 11) is 0. The average molecular weight is 274 g/mol. The number of nitrogens with one attached hydrogen (secondary N) is 1. The predicted molar refractivity (Wildman–Crippen MR) is 72.1 cm³/mol. The Labute approximate surface area is 112 Å². The van der Waals surface area contributed by atoms with Crippen LogP contribution in [0.5, 0.6) is 5.75 Å². The normalized spacial score (nSPS) is 21.5. The van der Waals surface area contributed by atoms with Gasteiger partial charge in [-0.2, -0.15) is 0 Å². The molecule has 1 fully saturated rings. The van der Waals surface area contributed by atoms with Crippen molar-refractivity contribution in [2.45, 2.75) is 25.9 Å². The highest BCUT2D eigenvalue weighted by Gasteiger charge is 2.25. The minimum absolute atomic E-state index is 0.209. The summed E-state index contributed by atoms with van der Waals surface area (Å²) in [5.74, 6) is 1.26. The van der Waals surface area contributed by atoms with Crippen molar-refractivity contribution in [2.75, 3.05) is 13.1 Å². The van der Waals surface area contributed by atoms with Crippen LogP contribution in [-0.2, 0) is 0 Å². The van der Waals surface area contributed by atoms with Crippen LogP contribution in [0.25, 0.3) is 0 Å². The Morgan fingerprint density at radius 2 is 2.29 bits per heavy atom. The van der Waals surface area contributed by atoms with Crippen LogP contribution in [0.1, 0.15) is 19.8 Å². The third-order valence-corrected chi connectivity index (χ3v) is 4.02. The molecule has 2 rings (SSSR count). The van der Waals surface area contributed by atoms with Crippen LogP contribution in [0, 0.1) is 5.92 Å². The third kappa shape index (κ3) is 3.06. The maximum atomic E-state index is 6.13. The van der Waals surface area contributed by atoms with Crippen LogP contribution in [0.3, 0.4) is 0 Å². The molecule has 0 amide bonds. The van der Waals surface area contributed by atoms with Gasteiger partial charge >= 0.3 is 0 Å². The molecule has 1 unspecified atom stereocenters. The van der Waals surface area contributed by atoms with E-state index in [1.54, 1.807) is 6.07 Å². The summed E-state index contributed by atoms with van der Waals surface area (Å²) in [5, 5.41) is 4.42. The van der Waals surface area contributed by atoms with Crippen molar-refractivity contribution in [1.29, 1.82) is 0 Å². The number of hydrogen-bond donors (Lipinski definition) is 1. The molecule has 1 aromatic carbocycles. The predicted octanol–water partition coefficient (Wildman–Crippen LogP) is 3.76. The van der Waals surface area contributed by atoms with Gasteiger partial charge in [-0.15, -0.1) is 0 Å². The van der Waals surface area contributed by atoms with Crippen molar-refractivity contribution in [3.05, 3.63) is 28.2 Å². The number of halogens is 2. The smallest absolute Gasteiger partial charge is 0.139 e. The van der Waals surface area contributed by atoms with Gasteiger partial charge in [-0.3, -0.25) is 0 Å². The molecule has 1 heterocycles. The van der Waals surface area contributed by atoms with Gasteiger partial charge in [0.05, 0.1) is 5.02 Å². The summed E-state index contributed by atoms with van der Waals surface area (Å²) in [6.45, 7) is 4.24. The summed E-state index contributed by atoms with van der Waals surface area (Å²) in [6.07, 6.45) is 2.35. The highest BCUT2D eigenvalue weighted by atomic mass is 35.5. The Morgan fingerprint density at radius 3 is 2.94 bits per heavy atom. The van der Waals surface area contributed by atoms with Gasteiger partial charge in [0, 0.05) is 12.5 Å². The molecule has 1 aliphatic heterocycles. The van der Waals surface area contributed by atoms with Crippen LogP contribution in [0.4, 0.5) is 0 Å². The summed E-state index contributed by atoms with van der Waals surface area (Å²) in [6, 6.07) is 5.51. The molecule has 0 aliphatic carbocycles. The first kappa shape index (κ1) is 13.0. The average Bonchev–Trinajstić information content (AvgIpc) is 2.85. The Morgan fingerprint density at radius 1 is 1.47 bits per heavy atom. The molecular formula is C13H17Cl2NO. The maximum Gasteiger partial charge on any atom is 0.139 e. The standard InChI is InChI=1S/C13H17Cl2NO/c1-2-11(9-6-7-16-8-9)17-12-5-3-4-10(14)13(12)15/h3-5,9,11,16H,2,6-8H2,1H3/t9?,11-/m1/s1. The Bertz CT molecular complexity index is 378. The van der Waals surface area contributed by atoms with E-state index in [0.717, 1.165) is 25.9 Å². The molecule has 1 aliphatic rings. The van der Waals surface area contributed by atoms with E-state index in [1.807, 2.05) is 12.1 Å². The fourth-order valence-electron chi connectivity index (χ4n) is 2.25. The quantitative estimate of drug-likeness (QED) is 0.902. The van der Waals surface area contributed by atoms with Gasteiger partial charge in [-0.05, 0) is 31.5 Å². The Kier molecular flexibility index (Phi) is 4.55. The van der Waals surface area contributed by atoms with Crippen LogP contribution in [0.2, 0.25) is 10.0 Å². The molecule has 1 aromatic rings. The van der Waals surface area contributed by atoms with Gasteiger partial charge in [-0.25, -0.2) is 0 Å². The molecule has 0 saturated carbocycles. The van der Waals surface area contributed by atoms with Gasteiger partial charge in [-0.1, -0.05) is 36.2 Å². The van der Waals surface area contributed by atoms with Crippen molar-refractivity contribution < 1.29 is 4.74 Å². The Balaban J connectivity index is 2.09. The summed E-state index contributed by atoms with van der Waals surface area (Å²) in [4.78, 5) is 0. The minimum atomic E-state index is 0.209. The number of ether oxygens (including phenoxy) is 1. The zero-order valence-corrected chi connectivity index (χ0v) is 11.4. The molecule has 1 saturated heterocycles. The molecule has 4 heteroatoms. The van der Waals surface area contributed by atoms with Gasteiger partial charge in [0.25, 0.3) is 0 Å². The highest BCUT2D eigenvalue weighted by Crippen LogP contribution is 2.33. The monoisotopic (exact) mass is 273 g/mol. The van der Waals surface area contributed by atoms with Crippen LogP contribution in [-0.4, -0.2) is 19.2 Å². The molecular weight excluding hydrogens is 257 g/mol. The van der Waals surface area contributed by atoms with E-state index >= 15 is 0 Å². The number of benzene rings is 1. The molecule has 0 bridgehead atoms. The zero-order chi connectivity index (χ0) is 12.3. The van der Waals surface area contributed by atoms with Crippen molar-refractivity contribution in [3.63, 3.8) is 0 Å². The highest BCUT2D eigenvalue weighted by molar-refractivity contribution is 6.42. The summed E-state index contributed by atoms with van der Waals surface area (Å²) < 4.78 is 6.00. The maximum absolute atomic E-state index is 6.13. The molecule has 0 spiro atoms. The van der Waals surface area contributed by atoms with Gasteiger partial charge in [0.2, 0.25) is 0 Å². The van der Waals surface area contributed by atoms with E-state index in [2.05, 4.69) is 12.2 Å². The fourth-order valence-corrected chi connectivity index (χ4v) is 2.58. The number of rotatable bonds is 4. The molecule has 2 atom stereocenters. The van der Waals surface area contributed by atoms with Crippen molar-refractivity contribution in [3.8, 4) is 5.75 Å². The van der Waals surface area contributed by atoms with Crippen LogP contribution in [0.15, 0.2) is 18.2 Å². The largest absolute Gasteiger partial charge is 0.488 e. The molecule has 94 valence electrons. The van der Waals surface area contributed by atoms with Crippen molar-refractivity contribution in [1.82, 2.24) is 5.32 Å². The second-order valence-electron chi connectivity index (χ2n) is 4.37. The molecule has 2 nitrogen and oxygen atoms in total. The summed E-state index contributed by atoms with van der Waals surface area (Å²) in [5.41, 5.74) is 0. The van der Waals surface area contributed by atoms with Crippen LogP contribution >= 0.6 is 23.2 Å². The van der Waals surface area contributed by atoms with Crippen molar-refractivity contribution >= 4 is 23.2 Å². The third-order valence-electron chi connectivity index (χ3n) is 3.22. The molecule has 1 N–H and O–H groups in total. The van der Waals surface area contributed by atoms with E-state index in [-0.39, 0.29) is 6.10 Å². The fraction of sp³-hybridized carbons (Fsp3) is 0.538. The zero-order valence-electron chi connectivity index (χ0n) is 9.88. The van der Waals surface area contributed by atoms with Crippen molar-refractivity contribution in [2.24, 2.45) is 5.92 Å². The lowest BCUT2D eigenvalue weighted by Gasteiger charge is -2.23. The molecule has 0 aromatic heterocycles. The topological polar surface area (TPSA) is 21.3 Å². The van der Waals surface area contributed by atoms with Gasteiger partial charge in [0.1, 0.15) is 16.9 Å². The minimum Gasteiger partial charge on any atom is -0.488 e. The lowest BCUT2D eigenvalue weighted by atomic mass is 9.99. The second-order valence-corrected chi connectivity index (χ2v) is 5.15. The number of hydrogen-bond acceptors (Lipinski definition) is 2. The van der Waals surface area contributed by atoms with Crippen LogP contribution < -0.4 is 10.1 Å². The van der Waals surface area contributed by atoms with E-state index < -0.39 is 0 Å². The van der Waals surface area contributed by atoms with E-state index in [9.17, 15) is 0 Å².